The lowest BCUT2D eigenvalue weighted by molar-refractivity contribution is -0.145. The third-order valence-electron chi connectivity index (χ3n) is 8.16. The predicted molar refractivity (Wildman–Crippen MR) is 123 cm³/mol. The quantitative estimate of drug-likeness (QED) is 0.324. The molecule has 3 aliphatic carbocycles. The third-order valence-corrected chi connectivity index (χ3v) is 8.16. The molecule has 0 aromatic heterocycles. The molecule has 1 aliphatic heterocycles. The van der Waals surface area contributed by atoms with Crippen molar-refractivity contribution in [3.05, 3.63) is 50.7 Å². The third kappa shape index (κ3) is 3.02. The van der Waals surface area contributed by atoms with Gasteiger partial charge in [0.1, 0.15) is 28.7 Å². The fourth-order valence-electron chi connectivity index (χ4n) is 6.29. The Morgan fingerprint density at radius 1 is 1.17 bits per heavy atom. The molecule has 8 N–H and O–H groups in total. The SMILES string of the molecule is CCCCN1Cc2c(O)c3c(c(F)c2C1)C[C@H]1C[C@H]2[C@H](N)C(O)=C(C(N)=O)C(=O)[C@@]2(O)C(O)=C1C3=O. The topological polar surface area (TPSA) is 187 Å². The van der Waals surface area contributed by atoms with Gasteiger partial charge in [0.15, 0.2) is 11.4 Å². The lowest BCUT2D eigenvalue weighted by Gasteiger charge is -2.47. The molecule has 36 heavy (non-hydrogen) atoms. The van der Waals surface area contributed by atoms with E-state index in [0.717, 1.165) is 12.8 Å². The highest BCUT2D eigenvalue weighted by Crippen LogP contribution is 2.52. The van der Waals surface area contributed by atoms with Crippen molar-refractivity contribution < 1.29 is 39.2 Å². The highest BCUT2D eigenvalue weighted by atomic mass is 19.1. The second-order valence-corrected chi connectivity index (χ2v) is 10.1. The van der Waals surface area contributed by atoms with Crippen molar-refractivity contribution in [1.82, 2.24) is 4.90 Å². The number of nitrogens with zero attached hydrogens (tertiary/aromatic N) is 1. The van der Waals surface area contributed by atoms with Gasteiger partial charge in [0, 0.05) is 41.3 Å². The lowest BCUT2D eigenvalue weighted by Crippen LogP contribution is -2.63. The number of phenolic OH excluding ortho intramolecular Hbond substituents is 1. The number of carbonyl (C=O) groups excluding carboxylic acids is 3. The monoisotopic (exact) mass is 501 g/mol. The zero-order chi connectivity index (χ0) is 26.3. The summed E-state index contributed by atoms with van der Waals surface area (Å²) in [5, 5.41) is 43.9. The van der Waals surface area contributed by atoms with Gasteiger partial charge in [-0.05, 0) is 31.7 Å². The number of allylic oxidation sites excluding steroid dienone is 1. The number of Topliss-reactive ketones (excluding diaryl/α,β-unsaturated/α-hetero) is 2. The molecule has 5 rings (SSSR count). The van der Waals surface area contributed by atoms with Crippen molar-refractivity contribution in [2.75, 3.05) is 6.54 Å². The van der Waals surface area contributed by atoms with Crippen molar-refractivity contribution in [3.8, 4) is 5.75 Å². The number of benzene rings is 1. The summed E-state index contributed by atoms with van der Waals surface area (Å²) in [6, 6.07) is -1.44. The first kappa shape index (κ1) is 24.4. The maximum Gasteiger partial charge on any atom is 0.255 e. The van der Waals surface area contributed by atoms with Gasteiger partial charge in [-0.15, -0.1) is 0 Å². The molecule has 192 valence electrons. The van der Waals surface area contributed by atoms with Crippen LogP contribution in [-0.4, -0.2) is 61.0 Å². The molecule has 1 heterocycles. The maximum absolute atomic E-state index is 15.7. The molecule has 0 unspecified atom stereocenters. The molecule has 0 fully saturated rings. The van der Waals surface area contributed by atoms with Crippen molar-refractivity contribution in [3.63, 3.8) is 0 Å². The van der Waals surface area contributed by atoms with Gasteiger partial charge in [-0.25, -0.2) is 4.39 Å². The van der Waals surface area contributed by atoms with E-state index in [4.69, 9.17) is 11.5 Å². The van der Waals surface area contributed by atoms with E-state index in [1.807, 2.05) is 11.8 Å². The van der Waals surface area contributed by atoms with Crippen LogP contribution in [0.3, 0.4) is 0 Å². The Hall–Kier alpha value is -3.28. The van der Waals surface area contributed by atoms with E-state index in [-0.39, 0.29) is 41.8 Å². The van der Waals surface area contributed by atoms with Crippen LogP contribution < -0.4 is 11.5 Å². The predicted octanol–water partition coefficient (Wildman–Crippen LogP) is 0.773. The molecule has 0 saturated carbocycles. The van der Waals surface area contributed by atoms with Crippen molar-refractivity contribution >= 4 is 17.5 Å². The smallest absolute Gasteiger partial charge is 0.255 e. The summed E-state index contributed by atoms with van der Waals surface area (Å²) >= 11 is 0. The first-order valence-corrected chi connectivity index (χ1v) is 12.0. The van der Waals surface area contributed by atoms with Crippen LogP contribution in [0, 0.1) is 17.7 Å². The number of ketones is 2. The molecule has 0 saturated heterocycles. The van der Waals surface area contributed by atoms with E-state index >= 15 is 4.39 Å². The number of carbonyl (C=O) groups is 3. The van der Waals surface area contributed by atoms with Crippen molar-refractivity contribution in [1.29, 1.82) is 0 Å². The molecule has 1 aromatic rings. The minimum absolute atomic E-state index is 0.00822. The Bertz CT molecular complexity index is 1300. The standard InChI is InChI=1S/C25H28FN3O7/c1-2-3-4-29-7-11-12(8-29)19(30)15-10(17(11)26)5-9-6-13-18(27)21(32)16(24(28)35)23(34)25(13,36)22(33)14(9)20(15)31/h9,13,18,30,32-33,36H,2-8,27H2,1H3,(H2,28,35)/t9-,13-,18-,25-/m0/s1. The number of hydrogen-bond acceptors (Lipinski definition) is 9. The fraction of sp³-hybridized carbons (Fsp3) is 0.480. The van der Waals surface area contributed by atoms with Crippen LogP contribution >= 0.6 is 0 Å². The van der Waals surface area contributed by atoms with Gasteiger partial charge >= 0.3 is 0 Å². The number of aliphatic hydroxyl groups is 3. The van der Waals surface area contributed by atoms with Gasteiger partial charge in [-0.3, -0.25) is 19.3 Å². The summed E-state index contributed by atoms with van der Waals surface area (Å²) in [5.41, 5.74) is 7.51. The van der Waals surface area contributed by atoms with Gasteiger partial charge in [0.05, 0.1) is 11.6 Å². The van der Waals surface area contributed by atoms with Crippen LogP contribution in [0.1, 0.15) is 53.2 Å². The number of halogens is 1. The molecule has 0 radical (unpaired) electrons. The number of aromatic hydroxyl groups is 1. The summed E-state index contributed by atoms with van der Waals surface area (Å²) < 4.78 is 15.7. The minimum Gasteiger partial charge on any atom is -0.510 e. The fourth-order valence-corrected chi connectivity index (χ4v) is 6.29. The number of fused-ring (bicyclic) bond motifs is 4. The Balaban J connectivity index is 1.64. The van der Waals surface area contributed by atoms with Crippen LogP contribution in [0.2, 0.25) is 0 Å². The van der Waals surface area contributed by atoms with Gasteiger partial charge < -0.3 is 31.9 Å². The Morgan fingerprint density at radius 3 is 2.47 bits per heavy atom. The summed E-state index contributed by atoms with van der Waals surface area (Å²) in [4.78, 5) is 40.5. The number of primary amides is 1. The van der Waals surface area contributed by atoms with Gasteiger partial charge in [-0.1, -0.05) is 13.3 Å². The van der Waals surface area contributed by atoms with E-state index in [2.05, 4.69) is 0 Å². The van der Waals surface area contributed by atoms with Gasteiger partial charge in [-0.2, -0.15) is 0 Å². The minimum atomic E-state index is -2.78. The normalized spacial score (nSPS) is 29.7. The van der Waals surface area contributed by atoms with Crippen LogP contribution in [0.4, 0.5) is 4.39 Å². The van der Waals surface area contributed by atoms with E-state index in [0.29, 0.717) is 24.2 Å². The van der Waals surface area contributed by atoms with Crippen LogP contribution in [0.15, 0.2) is 22.7 Å². The number of unbranched alkanes of at least 4 members (excludes halogenated alkanes) is 1. The maximum atomic E-state index is 15.7. The molecule has 4 atom stereocenters. The van der Waals surface area contributed by atoms with Crippen molar-refractivity contribution in [2.45, 2.75) is 57.3 Å². The molecule has 4 aliphatic rings. The summed E-state index contributed by atoms with van der Waals surface area (Å²) in [6.45, 7) is 3.29. The van der Waals surface area contributed by atoms with Crippen LogP contribution in [0.25, 0.3) is 0 Å². The highest BCUT2D eigenvalue weighted by Gasteiger charge is 2.62. The second-order valence-electron chi connectivity index (χ2n) is 10.1. The largest absolute Gasteiger partial charge is 0.510 e. The number of hydrogen-bond donors (Lipinski definition) is 6. The summed E-state index contributed by atoms with van der Waals surface area (Å²) in [5.74, 6) is -8.55. The summed E-state index contributed by atoms with van der Waals surface area (Å²) in [6.07, 6.45) is 1.57. The molecule has 11 heteroatoms. The van der Waals surface area contributed by atoms with Crippen molar-refractivity contribution in [2.24, 2.45) is 23.3 Å². The van der Waals surface area contributed by atoms with E-state index in [9.17, 15) is 34.8 Å². The van der Waals surface area contributed by atoms with E-state index in [1.165, 1.54) is 0 Å². The average Bonchev–Trinajstić information content (AvgIpc) is 3.26. The van der Waals surface area contributed by atoms with E-state index in [1.54, 1.807) is 0 Å². The van der Waals surface area contributed by atoms with Gasteiger partial charge in [0.25, 0.3) is 5.91 Å². The molecule has 1 aromatic carbocycles. The number of amides is 1. The number of aliphatic hydroxyl groups excluding tert-OH is 2. The zero-order valence-corrected chi connectivity index (χ0v) is 19.7. The van der Waals surface area contributed by atoms with Gasteiger partial charge in [0.2, 0.25) is 5.78 Å². The lowest BCUT2D eigenvalue weighted by atomic mass is 9.59. The molecular formula is C25H28FN3O7. The summed E-state index contributed by atoms with van der Waals surface area (Å²) in [7, 11) is 0. The average molecular weight is 502 g/mol. The zero-order valence-electron chi connectivity index (χ0n) is 19.7. The molecule has 10 nitrogen and oxygen atoms in total. The number of phenols is 1. The Kier molecular flexibility index (Phi) is 5.51. The Morgan fingerprint density at radius 2 is 1.83 bits per heavy atom. The molecular weight excluding hydrogens is 473 g/mol. The van der Waals surface area contributed by atoms with E-state index < -0.39 is 63.9 Å². The number of rotatable bonds is 4. The number of nitrogens with two attached hydrogens (primary N) is 2. The molecule has 1 amide bonds. The van der Waals surface area contributed by atoms with Crippen LogP contribution in [-0.2, 0) is 29.1 Å². The van der Waals surface area contributed by atoms with Crippen LogP contribution in [0.5, 0.6) is 5.75 Å². The Labute approximate surface area is 205 Å². The first-order valence-electron chi connectivity index (χ1n) is 12.0. The second kappa shape index (κ2) is 8.12. The highest BCUT2D eigenvalue weighted by molar-refractivity contribution is 6.24. The molecule has 0 bridgehead atoms. The molecule has 0 spiro atoms. The first-order chi connectivity index (χ1) is 16.9.